The number of carbonyl (C=O) groups excluding carboxylic acids is 1. The van der Waals surface area contributed by atoms with Crippen LogP contribution in [0.3, 0.4) is 0 Å². The Bertz CT molecular complexity index is 725. The van der Waals surface area contributed by atoms with E-state index in [9.17, 15) is 4.79 Å². The quantitative estimate of drug-likeness (QED) is 0.911. The molecular formula is C19H21N3O2. The number of ether oxygens (including phenoxy) is 1. The maximum absolute atomic E-state index is 11.4. The number of piperidine rings is 1. The Hall–Kier alpha value is -2.69. The van der Waals surface area contributed by atoms with Crippen LogP contribution < -0.4 is 20.3 Å². The van der Waals surface area contributed by atoms with Crippen LogP contribution in [0.5, 0.6) is 5.75 Å². The minimum atomic E-state index is -0.101. The molecule has 1 fully saturated rings. The van der Waals surface area contributed by atoms with Crippen molar-refractivity contribution in [2.24, 2.45) is 0 Å². The first-order chi connectivity index (χ1) is 11.8. The van der Waals surface area contributed by atoms with Gasteiger partial charge in [-0.2, -0.15) is 0 Å². The number of nitrogens with zero attached hydrogens (tertiary/aromatic N) is 1. The topological polar surface area (TPSA) is 53.6 Å². The van der Waals surface area contributed by atoms with E-state index in [1.807, 2.05) is 18.2 Å². The van der Waals surface area contributed by atoms with Crippen LogP contribution in [-0.2, 0) is 4.79 Å². The van der Waals surface area contributed by atoms with Crippen molar-refractivity contribution in [3.05, 3.63) is 48.5 Å². The molecule has 0 aliphatic carbocycles. The van der Waals surface area contributed by atoms with E-state index in [1.54, 1.807) is 0 Å². The van der Waals surface area contributed by atoms with Gasteiger partial charge in [-0.1, -0.05) is 24.3 Å². The first-order valence-corrected chi connectivity index (χ1v) is 8.42. The average Bonchev–Trinajstić information content (AvgIpc) is 2.63. The van der Waals surface area contributed by atoms with Crippen LogP contribution in [0.1, 0.15) is 12.8 Å². The largest absolute Gasteiger partial charge is 0.479 e. The molecule has 5 heteroatoms. The van der Waals surface area contributed by atoms with E-state index in [0.29, 0.717) is 6.04 Å². The molecule has 1 amide bonds. The maximum Gasteiger partial charge on any atom is 0.262 e. The molecular weight excluding hydrogens is 302 g/mol. The second-order valence-electron chi connectivity index (χ2n) is 6.26. The van der Waals surface area contributed by atoms with Crippen molar-refractivity contribution in [2.75, 3.05) is 35.2 Å². The summed E-state index contributed by atoms with van der Waals surface area (Å²) in [5.74, 6) is 0.651. The second kappa shape index (κ2) is 6.43. The van der Waals surface area contributed by atoms with Crippen LogP contribution in [0, 0.1) is 0 Å². The smallest absolute Gasteiger partial charge is 0.262 e. The molecule has 4 rings (SSSR count). The van der Waals surface area contributed by atoms with Crippen LogP contribution in [0.25, 0.3) is 0 Å². The SMILES string of the molecule is O=C1COc2c(cccc2NC2CCN(c3ccccc3)CC2)N1. The zero-order valence-corrected chi connectivity index (χ0v) is 13.5. The Morgan fingerprint density at radius 3 is 2.62 bits per heavy atom. The zero-order chi connectivity index (χ0) is 16.4. The fourth-order valence-electron chi connectivity index (χ4n) is 3.37. The lowest BCUT2D eigenvalue weighted by Crippen LogP contribution is -2.39. The number of hydrogen-bond donors (Lipinski definition) is 2. The Morgan fingerprint density at radius 2 is 1.83 bits per heavy atom. The van der Waals surface area contributed by atoms with Crippen LogP contribution in [0.2, 0.25) is 0 Å². The summed E-state index contributed by atoms with van der Waals surface area (Å²) < 4.78 is 5.61. The van der Waals surface area contributed by atoms with E-state index in [-0.39, 0.29) is 12.5 Å². The molecule has 0 radical (unpaired) electrons. The summed E-state index contributed by atoms with van der Waals surface area (Å²) in [6.45, 7) is 2.15. The van der Waals surface area contributed by atoms with Gasteiger partial charge in [0.1, 0.15) is 0 Å². The highest BCUT2D eigenvalue weighted by molar-refractivity contribution is 5.97. The van der Waals surface area contributed by atoms with Gasteiger partial charge in [0.2, 0.25) is 0 Å². The summed E-state index contributed by atoms with van der Waals surface area (Å²) in [5, 5.41) is 6.45. The number of anilines is 3. The number of fused-ring (bicyclic) bond motifs is 1. The Balaban J connectivity index is 1.41. The minimum absolute atomic E-state index is 0.0815. The standard InChI is InChI=1S/C19H21N3O2/c23-18-13-24-19-16(7-4-8-17(19)21-18)20-14-9-11-22(12-10-14)15-5-2-1-3-6-15/h1-8,14,20H,9-13H2,(H,21,23). The third kappa shape index (κ3) is 3.02. The molecule has 0 spiro atoms. The van der Waals surface area contributed by atoms with Gasteiger partial charge in [-0.15, -0.1) is 0 Å². The predicted molar refractivity (Wildman–Crippen MR) is 95.9 cm³/mol. The second-order valence-corrected chi connectivity index (χ2v) is 6.26. The number of hydrogen-bond acceptors (Lipinski definition) is 4. The molecule has 5 nitrogen and oxygen atoms in total. The van der Waals surface area contributed by atoms with Gasteiger partial charge in [0.15, 0.2) is 12.4 Å². The number of para-hydroxylation sites is 2. The summed E-state index contributed by atoms with van der Waals surface area (Å²) in [4.78, 5) is 13.9. The van der Waals surface area contributed by atoms with Gasteiger partial charge in [-0.05, 0) is 37.1 Å². The van der Waals surface area contributed by atoms with Gasteiger partial charge < -0.3 is 20.3 Å². The van der Waals surface area contributed by atoms with Crippen molar-refractivity contribution in [1.82, 2.24) is 0 Å². The summed E-state index contributed by atoms with van der Waals surface area (Å²) >= 11 is 0. The summed E-state index contributed by atoms with van der Waals surface area (Å²) in [6.07, 6.45) is 2.15. The monoisotopic (exact) mass is 323 g/mol. The molecule has 2 aromatic rings. The first-order valence-electron chi connectivity index (χ1n) is 8.42. The van der Waals surface area contributed by atoms with E-state index in [1.165, 1.54) is 5.69 Å². The molecule has 0 unspecified atom stereocenters. The number of nitrogens with one attached hydrogen (secondary N) is 2. The van der Waals surface area contributed by atoms with Crippen LogP contribution in [0.4, 0.5) is 17.1 Å². The molecule has 0 saturated carbocycles. The molecule has 1 saturated heterocycles. The van der Waals surface area contributed by atoms with E-state index in [0.717, 1.165) is 43.1 Å². The Kier molecular flexibility index (Phi) is 3.99. The van der Waals surface area contributed by atoms with Crippen LogP contribution in [-0.4, -0.2) is 31.6 Å². The van der Waals surface area contributed by atoms with Crippen molar-refractivity contribution in [3.8, 4) is 5.75 Å². The van der Waals surface area contributed by atoms with Crippen molar-refractivity contribution in [3.63, 3.8) is 0 Å². The normalized spacial score (nSPS) is 17.7. The summed E-state index contributed by atoms with van der Waals surface area (Å²) in [7, 11) is 0. The van der Waals surface area contributed by atoms with Crippen molar-refractivity contribution in [2.45, 2.75) is 18.9 Å². The molecule has 2 heterocycles. The molecule has 2 aliphatic heterocycles. The van der Waals surface area contributed by atoms with Crippen molar-refractivity contribution >= 4 is 23.0 Å². The van der Waals surface area contributed by atoms with Gasteiger partial charge >= 0.3 is 0 Å². The summed E-state index contributed by atoms with van der Waals surface area (Å²) in [5.41, 5.74) is 3.00. The van der Waals surface area contributed by atoms with Gasteiger partial charge in [-0.3, -0.25) is 4.79 Å². The summed E-state index contributed by atoms with van der Waals surface area (Å²) in [6, 6.07) is 16.8. The molecule has 2 N–H and O–H groups in total. The molecule has 0 aromatic heterocycles. The molecule has 24 heavy (non-hydrogen) atoms. The van der Waals surface area contributed by atoms with Gasteiger partial charge in [-0.25, -0.2) is 0 Å². The highest BCUT2D eigenvalue weighted by Crippen LogP contribution is 2.36. The third-order valence-corrected chi connectivity index (χ3v) is 4.61. The Morgan fingerprint density at radius 1 is 1.04 bits per heavy atom. The maximum atomic E-state index is 11.4. The number of benzene rings is 2. The highest BCUT2D eigenvalue weighted by Gasteiger charge is 2.23. The first kappa shape index (κ1) is 14.9. The zero-order valence-electron chi connectivity index (χ0n) is 13.5. The lowest BCUT2D eigenvalue weighted by Gasteiger charge is -2.35. The highest BCUT2D eigenvalue weighted by atomic mass is 16.5. The molecule has 2 aliphatic rings. The molecule has 0 bridgehead atoms. The molecule has 124 valence electrons. The molecule has 0 atom stereocenters. The fraction of sp³-hybridized carbons (Fsp3) is 0.316. The average molecular weight is 323 g/mol. The lowest BCUT2D eigenvalue weighted by atomic mass is 10.0. The van der Waals surface area contributed by atoms with Gasteiger partial charge in [0.25, 0.3) is 5.91 Å². The molecule has 2 aromatic carbocycles. The van der Waals surface area contributed by atoms with Crippen molar-refractivity contribution in [1.29, 1.82) is 0 Å². The van der Waals surface area contributed by atoms with Crippen LogP contribution in [0.15, 0.2) is 48.5 Å². The number of amides is 1. The van der Waals surface area contributed by atoms with E-state index in [4.69, 9.17) is 4.74 Å². The van der Waals surface area contributed by atoms with E-state index >= 15 is 0 Å². The fourth-order valence-corrected chi connectivity index (χ4v) is 3.37. The van der Waals surface area contributed by atoms with Crippen molar-refractivity contribution < 1.29 is 9.53 Å². The van der Waals surface area contributed by atoms with E-state index < -0.39 is 0 Å². The van der Waals surface area contributed by atoms with Crippen LogP contribution >= 0.6 is 0 Å². The predicted octanol–water partition coefficient (Wildman–Crippen LogP) is 3.10. The van der Waals surface area contributed by atoms with Gasteiger partial charge in [0.05, 0.1) is 11.4 Å². The van der Waals surface area contributed by atoms with E-state index in [2.05, 4.69) is 45.9 Å². The van der Waals surface area contributed by atoms with Gasteiger partial charge in [0, 0.05) is 24.8 Å². The number of carbonyl (C=O) groups is 1. The minimum Gasteiger partial charge on any atom is -0.479 e. The number of rotatable bonds is 3. The lowest BCUT2D eigenvalue weighted by molar-refractivity contribution is -0.118. The third-order valence-electron chi connectivity index (χ3n) is 4.61. The Labute approximate surface area is 141 Å².